The van der Waals surface area contributed by atoms with Gasteiger partial charge in [0.1, 0.15) is 0 Å². The standard InChI is InChI=1S/C13H27N3O2S/c1-3-8-16(13-4-5-13)19(17,18)15-9-6-12(7-10-15)11-14-2/h12-14H,3-11H2,1-2H3. The predicted octanol–water partition coefficient (Wildman–Crippen LogP) is 1.04. The lowest BCUT2D eigenvalue weighted by atomic mass is 9.98. The molecule has 0 bridgehead atoms. The molecule has 6 heteroatoms. The average molecular weight is 289 g/mol. The van der Waals surface area contributed by atoms with Crippen LogP contribution in [0.3, 0.4) is 0 Å². The molecular formula is C13H27N3O2S. The number of nitrogens with zero attached hydrogens (tertiary/aromatic N) is 2. The van der Waals surface area contributed by atoms with Crippen molar-refractivity contribution in [2.45, 2.75) is 45.1 Å². The maximum absolute atomic E-state index is 12.7. The van der Waals surface area contributed by atoms with E-state index in [4.69, 9.17) is 0 Å². The first-order valence-corrected chi connectivity index (χ1v) is 8.90. The molecule has 0 atom stereocenters. The molecule has 0 aromatic rings. The van der Waals surface area contributed by atoms with Crippen molar-refractivity contribution in [1.29, 1.82) is 0 Å². The topological polar surface area (TPSA) is 52.7 Å². The lowest BCUT2D eigenvalue weighted by Gasteiger charge is -2.35. The molecule has 19 heavy (non-hydrogen) atoms. The molecule has 1 saturated heterocycles. The van der Waals surface area contributed by atoms with E-state index >= 15 is 0 Å². The molecule has 1 heterocycles. The molecule has 0 unspecified atom stereocenters. The van der Waals surface area contributed by atoms with Crippen LogP contribution in [-0.4, -0.2) is 56.3 Å². The second-order valence-corrected chi connectivity index (χ2v) is 7.63. The molecular weight excluding hydrogens is 262 g/mol. The average Bonchev–Trinajstić information content (AvgIpc) is 3.21. The maximum Gasteiger partial charge on any atom is 0.282 e. The van der Waals surface area contributed by atoms with Gasteiger partial charge in [0.25, 0.3) is 10.2 Å². The van der Waals surface area contributed by atoms with Crippen molar-refractivity contribution in [2.75, 3.05) is 33.2 Å². The second kappa shape index (κ2) is 6.52. The molecule has 1 saturated carbocycles. The van der Waals surface area contributed by atoms with Crippen LogP contribution in [0.25, 0.3) is 0 Å². The third kappa shape index (κ3) is 3.68. The monoisotopic (exact) mass is 289 g/mol. The van der Waals surface area contributed by atoms with E-state index in [0.717, 1.165) is 38.6 Å². The lowest BCUT2D eigenvalue weighted by Crippen LogP contribution is -2.48. The third-order valence-electron chi connectivity index (χ3n) is 4.09. The Bertz CT molecular complexity index is 373. The Kier molecular flexibility index (Phi) is 5.22. The Labute approximate surface area is 117 Å². The van der Waals surface area contributed by atoms with E-state index in [1.807, 2.05) is 14.0 Å². The van der Waals surface area contributed by atoms with E-state index < -0.39 is 10.2 Å². The number of piperidine rings is 1. The molecule has 0 spiro atoms. The Hall–Kier alpha value is -0.170. The van der Waals surface area contributed by atoms with Crippen LogP contribution in [0.15, 0.2) is 0 Å². The van der Waals surface area contributed by atoms with E-state index in [9.17, 15) is 8.42 Å². The van der Waals surface area contributed by atoms with Crippen molar-refractivity contribution >= 4 is 10.2 Å². The van der Waals surface area contributed by atoms with Crippen molar-refractivity contribution in [3.05, 3.63) is 0 Å². The summed E-state index contributed by atoms with van der Waals surface area (Å²) in [7, 11) is -1.26. The first kappa shape index (κ1) is 15.2. The van der Waals surface area contributed by atoms with Gasteiger partial charge in [0.15, 0.2) is 0 Å². The molecule has 2 aliphatic rings. The van der Waals surface area contributed by atoms with Gasteiger partial charge in [-0.1, -0.05) is 6.92 Å². The first-order valence-electron chi connectivity index (χ1n) is 7.51. The Morgan fingerprint density at radius 3 is 2.32 bits per heavy atom. The molecule has 0 aromatic carbocycles. The van der Waals surface area contributed by atoms with Crippen LogP contribution in [0.2, 0.25) is 0 Å². The van der Waals surface area contributed by atoms with Gasteiger partial charge in [-0.25, -0.2) is 0 Å². The summed E-state index contributed by atoms with van der Waals surface area (Å²) >= 11 is 0. The molecule has 5 nitrogen and oxygen atoms in total. The van der Waals surface area contributed by atoms with Gasteiger partial charge in [-0.05, 0) is 51.6 Å². The third-order valence-corrected chi connectivity index (χ3v) is 6.18. The summed E-state index contributed by atoms with van der Waals surface area (Å²) in [6.45, 7) is 5.08. The van der Waals surface area contributed by atoms with Gasteiger partial charge in [-0.3, -0.25) is 0 Å². The Balaban J connectivity index is 1.96. The molecule has 0 amide bonds. The van der Waals surface area contributed by atoms with E-state index in [2.05, 4.69) is 5.32 Å². The molecule has 2 rings (SSSR count). The quantitative estimate of drug-likeness (QED) is 0.762. The summed E-state index contributed by atoms with van der Waals surface area (Å²) in [5.41, 5.74) is 0. The highest BCUT2D eigenvalue weighted by atomic mass is 32.2. The highest BCUT2D eigenvalue weighted by Gasteiger charge is 2.40. The number of rotatable bonds is 7. The van der Waals surface area contributed by atoms with Gasteiger partial charge >= 0.3 is 0 Å². The maximum atomic E-state index is 12.7. The summed E-state index contributed by atoms with van der Waals surface area (Å²) in [5.74, 6) is 0.622. The summed E-state index contributed by atoms with van der Waals surface area (Å²) < 4.78 is 28.8. The molecule has 1 N–H and O–H groups in total. The number of hydrogen-bond donors (Lipinski definition) is 1. The summed E-state index contributed by atoms with van der Waals surface area (Å²) in [4.78, 5) is 0. The van der Waals surface area contributed by atoms with Gasteiger partial charge in [-0.2, -0.15) is 17.0 Å². The van der Waals surface area contributed by atoms with Crippen LogP contribution in [0.5, 0.6) is 0 Å². The van der Waals surface area contributed by atoms with E-state index in [1.165, 1.54) is 0 Å². The summed E-state index contributed by atoms with van der Waals surface area (Å²) in [6.07, 6.45) is 4.92. The van der Waals surface area contributed by atoms with Crippen LogP contribution in [0.1, 0.15) is 39.0 Å². The van der Waals surface area contributed by atoms with Crippen LogP contribution < -0.4 is 5.32 Å². The highest BCUT2D eigenvalue weighted by molar-refractivity contribution is 7.86. The van der Waals surface area contributed by atoms with Crippen LogP contribution in [0, 0.1) is 5.92 Å². The normalized spacial score (nSPS) is 23.1. The zero-order valence-electron chi connectivity index (χ0n) is 12.1. The molecule has 0 radical (unpaired) electrons. The van der Waals surface area contributed by atoms with Gasteiger partial charge in [-0.15, -0.1) is 0 Å². The van der Waals surface area contributed by atoms with E-state index in [1.54, 1.807) is 8.61 Å². The van der Waals surface area contributed by atoms with Crippen molar-refractivity contribution < 1.29 is 8.42 Å². The first-order chi connectivity index (χ1) is 9.09. The minimum Gasteiger partial charge on any atom is -0.319 e. The fourth-order valence-corrected chi connectivity index (χ4v) is 4.82. The fourth-order valence-electron chi connectivity index (χ4n) is 2.85. The SMILES string of the molecule is CCCN(C1CC1)S(=O)(=O)N1CCC(CNC)CC1. The zero-order valence-corrected chi connectivity index (χ0v) is 13.0. The smallest absolute Gasteiger partial charge is 0.282 e. The van der Waals surface area contributed by atoms with Crippen LogP contribution in [-0.2, 0) is 10.2 Å². The van der Waals surface area contributed by atoms with E-state index in [-0.39, 0.29) is 6.04 Å². The van der Waals surface area contributed by atoms with E-state index in [0.29, 0.717) is 25.6 Å². The van der Waals surface area contributed by atoms with Crippen LogP contribution >= 0.6 is 0 Å². The summed E-state index contributed by atoms with van der Waals surface area (Å²) in [6, 6.07) is 0.278. The Morgan fingerprint density at radius 2 is 1.84 bits per heavy atom. The van der Waals surface area contributed by atoms with Crippen molar-refractivity contribution in [1.82, 2.24) is 13.9 Å². The largest absolute Gasteiger partial charge is 0.319 e. The van der Waals surface area contributed by atoms with Gasteiger partial charge < -0.3 is 5.32 Å². The zero-order chi connectivity index (χ0) is 13.9. The van der Waals surface area contributed by atoms with Crippen molar-refractivity contribution in [3.8, 4) is 0 Å². The molecule has 0 aromatic heterocycles. The number of hydrogen-bond acceptors (Lipinski definition) is 3. The summed E-state index contributed by atoms with van der Waals surface area (Å²) in [5, 5.41) is 3.18. The fraction of sp³-hybridized carbons (Fsp3) is 1.00. The molecule has 2 fully saturated rings. The van der Waals surface area contributed by atoms with Crippen molar-refractivity contribution in [2.24, 2.45) is 5.92 Å². The van der Waals surface area contributed by atoms with Gasteiger partial charge in [0.05, 0.1) is 0 Å². The minimum atomic E-state index is -3.22. The Morgan fingerprint density at radius 1 is 1.21 bits per heavy atom. The predicted molar refractivity (Wildman–Crippen MR) is 77.2 cm³/mol. The lowest BCUT2D eigenvalue weighted by molar-refractivity contribution is 0.249. The van der Waals surface area contributed by atoms with Gasteiger partial charge in [0.2, 0.25) is 0 Å². The minimum absolute atomic E-state index is 0.278. The van der Waals surface area contributed by atoms with Gasteiger partial charge in [0, 0.05) is 25.7 Å². The number of nitrogens with one attached hydrogen (secondary N) is 1. The molecule has 1 aliphatic heterocycles. The highest BCUT2D eigenvalue weighted by Crippen LogP contribution is 2.32. The molecule has 1 aliphatic carbocycles. The molecule has 112 valence electrons. The van der Waals surface area contributed by atoms with Crippen LogP contribution in [0.4, 0.5) is 0 Å². The van der Waals surface area contributed by atoms with Crippen molar-refractivity contribution in [3.63, 3.8) is 0 Å². The second-order valence-electron chi connectivity index (χ2n) is 5.75.